The van der Waals surface area contributed by atoms with Crippen LogP contribution in [0, 0.1) is 39.0 Å². The Morgan fingerprint density at radius 2 is 1.85 bits per heavy atom. The van der Waals surface area contributed by atoms with Gasteiger partial charge in [0.05, 0.1) is 6.54 Å². The summed E-state index contributed by atoms with van der Waals surface area (Å²) < 4.78 is 5.67. The van der Waals surface area contributed by atoms with Crippen molar-refractivity contribution in [1.82, 2.24) is 10.3 Å². The molecule has 2 N–H and O–H groups in total. The van der Waals surface area contributed by atoms with Crippen molar-refractivity contribution in [2.75, 3.05) is 13.2 Å². The van der Waals surface area contributed by atoms with Gasteiger partial charge in [-0.15, -0.1) is 0 Å². The Labute approximate surface area is 159 Å². The molecule has 0 aliphatic carbocycles. The van der Waals surface area contributed by atoms with Crippen molar-refractivity contribution in [3.8, 4) is 11.8 Å². The Balaban J connectivity index is 1.83. The molecule has 1 heterocycles. The van der Waals surface area contributed by atoms with Crippen molar-refractivity contribution < 1.29 is 9.53 Å². The highest BCUT2D eigenvalue weighted by atomic mass is 16.5. The Hall–Kier alpha value is -3.07. The molecule has 0 fully saturated rings. The third-order valence-corrected chi connectivity index (χ3v) is 4.41. The van der Waals surface area contributed by atoms with Crippen molar-refractivity contribution in [3.63, 3.8) is 0 Å². The third kappa shape index (κ3) is 5.45. The van der Waals surface area contributed by atoms with Crippen molar-refractivity contribution >= 4 is 5.91 Å². The summed E-state index contributed by atoms with van der Waals surface area (Å²) in [5.41, 5.74) is 4.18. The van der Waals surface area contributed by atoms with Crippen molar-refractivity contribution in [1.29, 1.82) is 5.26 Å². The van der Waals surface area contributed by atoms with Gasteiger partial charge in [-0.3, -0.25) is 9.59 Å². The number of hydrogen-bond donors (Lipinski definition) is 2. The Morgan fingerprint density at radius 3 is 2.48 bits per heavy atom. The fourth-order valence-corrected chi connectivity index (χ4v) is 3.12. The zero-order chi connectivity index (χ0) is 20.0. The molecule has 142 valence electrons. The number of nitrogens with zero attached hydrogens (tertiary/aromatic N) is 1. The zero-order valence-electron chi connectivity index (χ0n) is 16.2. The first-order valence-electron chi connectivity index (χ1n) is 8.92. The Kier molecular flexibility index (Phi) is 6.78. The molecule has 2 rings (SSSR count). The number of amides is 1. The van der Waals surface area contributed by atoms with E-state index in [0.717, 1.165) is 22.4 Å². The molecular formula is C21H25N3O3. The minimum Gasteiger partial charge on any atom is -0.492 e. The van der Waals surface area contributed by atoms with E-state index in [2.05, 4.69) is 16.4 Å². The second-order valence-electron chi connectivity index (χ2n) is 6.69. The van der Waals surface area contributed by atoms with Crippen LogP contribution in [0.5, 0.6) is 5.75 Å². The van der Waals surface area contributed by atoms with E-state index in [0.29, 0.717) is 30.8 Å². The average molecular weight is 367 g/mol. The SMILES string of the molecule is Cc1cc(C)cc(OCCNC(=O)CCc2c(C)[nH]c(=O)c(C#N)c2C)c1. The standard InChI is InChI=1S/C21H25N3O3/c1-13-9-14(2)11-17(10-13)27-8-7-23-20(25)6-5-18-15(3)19(12-22)21(26)24-16(18)4/h9-11H,5-8H2,1-4H3,(H,23,25)(H,24,26). The minimum absolute atomic E-state index is 0.0949. The van der Waals surface area contributed by atoms with Crippen LogP contribution in [-0.4, -0.2) is 24.0 Å². The summed E-state index contributed by atoms with van der Waals surface area (Å²) in [5.74, 6) is 0.702. The molecule has 0 radical (unpaired) electrons. The first kappa shape index (κ1) is 20.2. The summed E-state index contributed by atoms with van der Waals surface area (Å²) in [7, 11) is 0. The number of carbonyl (C=O) groups excluding carboxylic acids is 1. The summed E-state index contributed by atoms with van der Waals surface area (Å²) in [6, 6.07) is 7.92. The number of pyridine rings is 1. The maximum atomic E-state index is 12.1. The molecule has 6 heteroatoms. The van der Waals surface area contributed by atoms with Crippen LogP contribution in [0.3, 0.4) is 0 Å². The molecule has 0 atom stereocenters. The normalized spacial score (nSPS) is 10.3. The van der Waals surface area contributed by atoms with Crippen molar-refractivity contribution in [3.05, 3.63) is 62.1 Å². The topological polar surface area (TPSA) is 95.0 Å². The van der Waals surface area contributed by atoms with Gasteiger partial charge in [0.15, 0.2) is 0 Å². The number of H-pyrrole nitrogens is 1. The number of rotatable bonds is 7. The maximum absolute atomic E-state index is 12.1. The van der Waals surface area contributed by atoms with Gasteiger partial charge in [0.25, 0.3) is 5.56 Å². The predicted molar refractivity (Wildman–Crippen MR) is 104 cm³/mol. The van der Waals surface area contributed by atoms with E-state index >= 15 is 0 Å². The number of benzene rings is 1. The highest BCUT2D eigenvalue weighted by Gasteiger charge is 2.13. The first-order valence-corrected chi connectivity index (χ1v) is 8.92. The lowest BCUT2D eigenvalue weighted by Crippen LogP contribution is -2.28. The largest absolute Gasteiger partial charge is 0.492 e. The van der Waals surface area contributed by atoms with E-state index in [9.17, 15) is 9.59 Å². The molecular weight excluding hydrogens is 342 g/mol. The summed E-state index contributed by atoms with van der Waals surface area (Å²) in [6.45, 7) is 8.36. The summed E-state index contributed by atoms with van der Waals surface area (Å²) in [5, 5.41) is 11.9. The van der Waals surface area contributed by atoms with Gasteiger partial charge in [-0.1, -0.05) is 6.07 Å². The number of nitriles is 1. The molecule has 0 spiro atoms. The molecule has 0 unspecified atom stereocenters. The van der Waals surface area contributed by atoms with E-state index < -0.39 is 0 Å². The number of hydrogen-bond acceptors (Lipinski definition) is 4. The molecule has 0 saturated carbocycles. The molecule has 0 saturated heterocycles. The second kappa shape index (κ2) is 9.04. The lowest BCUT2D eigenvalue weighted by atomic mass is 9.99. The molecule has 1 aromatic carbocycles. The average Bonchev–Trinajstić information content (AvgIpc) is 2.57. The van der Waals surface area contributed by atoms with Gasteiger partial charge in [-0.2, -0.15) is 5.26 Å². The highest BCUT2D eigenvalue weighted by molar-refractivity contribution is 5.76. The highest BCUT2D eigenvalue weighted by Crippen LogP contribution is 2.16. The number of aromatic amines is 1. The molecule has 0 aliphatic rings. The zero-order valence-corrected chi connectivity index (χ0v) is 16.2. The quantitative estimate of drug-likeness (QED) is 0.736. The molecule has 1 amide bonds. The summed E-state index contributed by atoms with van der Waals surface area (Å²) in [4.78, 5) is 26.5. The number of carbonyl (C=O) groups is 1. The van der Waals surface area contributed by atoms with E-state index in [-0.39, 0.29) is 23.5 Å². The Bertz CT molecular complexity index is 919. The van der Waals surface area contributed by atoms with Gasteiger partial charge in [-0.25, -0.2) is 0 Å². The van der Waals surface area contributed by atoms with Gasteiger partial charge in [0, 0.05) is 12.1 Å². The fourth-order valence-electron chi connectivity index (χ4n) is 3.12. The van der Waals surface area contributed by atoms with Gasteiger partial charge in [0.1, 0.15) is 24.0 Å². The monoisotopic (exact) mass is 367 g/mol. The first-order chi connectivity index (χ1) is 12.8. The maximum Gasteiger partial charge on any atom is 0.266 e. The summed E-state index contributed by atoms with van der Waals surface area (Å²) in [6.07, 6.45) is 0.745. The molecule has 2 aromatic rings. The van der Waals surface area contributed by atoms with Crippen LogP contribution >= 0.6 is 0 Å². The van der Waals surface area contributed by atoms with E-state index in [1.54, 1.807) is 13.8 Å². The number of ether oxygens (including phenoxy) is 1. The van der Waals surface area contributed by atoms with E-state index in [4.69, 9.17) is 10.00 Å². The number of aromatic nitrogens is 1. The van der Waals surface area contributed by atoms with Crippen molar-refractivity contribution in [2.24, 2.45) is 0 Å². The van der Waals surface area contributed by atoms with Gasteiger partial charge < -0.3 is 15.0 Å². The Morgan fingerprint density at radius 1 is 1.19 bits per heavy atom. The lowest BCUT2D eigenvalue weighted by Gasteiger charge is -2.12. The van der Waals surface area contributed by atoms with Crippen LogP contribution in [-0.2, 0) is 11.2 Å². The minimum atomic E-state index is -0.385. The molecule has 27 heavy (non-hydrogen) atoms. The van der Waals surface area contributed by atoms with Crippen LogP contribution in [0.15, 0.2) is 23.0 Å². The second-order valence-corrected chi connectivity index (χ2v) is 6.69. The van der Waals surface area contributed by atoms with Crippen LogP contribution < -0.4 is 15.6 Å². The smallest absolute Gasteiger partial charge is 0.266 e. The lowest BCUT2D eigenvalue weighted by molar-refractivity contribution is -0.121. The van der Waals surface area contributed by atoms with Gasteiger partial charge >= 0.3 is 0 Å². The third-order valence-electron chi connectivity index (χ3n) is 4.41. The summed E-state index contributed by atoms with van der Waals surface area (Å²) >= 11 is 0. The molecule has 0 aliphatic heterocycles. The number of aryl methyl sites for hydroxylation is 3. The molecule has 6 nitrogen and oxygen atoms in total. The van der Waals surface area contributed by atoms with Crippen LogP contribution in [0.4, 0.5) is 0 Å². The van der Waals surface area contributed by atoms with Crippen LogP contribution in [0.2, 0.25) is 0 Å². The van der Waals surface area contributed by atoms with Crippen molar-refractivity contribution in [2.45, 2.75) is 40.5 Å². The van der Waals surface area contributed by atoms with E-state index in [1.807, 2.05) is 32.0 Å². The van der Waals surface area contributed by atoms with Crippen LogP contribution in [0.25, 0.3) is 0 Å². The fraction of sp³-hybridized carbons (Fsp3) is 0.381. The van der Waals surface area contributed by atoms with Gasteiger partial charge in [0.2, 0.25) is 5.91 Å². The number of nitrogens with one attached hydrogen (secondary N) is 2. The van der Waals surface area contributed by atoms with Gasteiger partial charge in [-0.05, 0) is 68.5 Å². The molecule has 0 bridgehead atoms. The molecule has 1 aromatic heterocycles. The predicted octanol–water partition coefficient (Wildman–Crippen LogP) is 2.61. The van der Waals surface area contributed by atoms with E-state index in [1.165, 1.54) is 0 Å². The van der Waals surface area contributed by atoms with Crippen LogP contribution in [0.1, 0.15) is 39.9 Å².